The number of hydrogen-bond acceptors (Lipinski definition) is 4. The molecule has 0 saturated carbocycles. The lowest BCUT2D eigenvalue weighted by atomic mass is 10.1. The van der Waals surface area contributed by atoms with Crippen LogP contribution in [0.1, 0.15) is 20.3 Å². The maximum atomic E-state index is 11.9. The molecule has 0 bridgehead atoms. The van der Waals surface area contributed by atoms with Gasteiger partial charge in [-0.05, 0) is 26.0 Å². The summed E-state index contributed by atoms with van der Waals surface area (Å²) in [4.78, 5) is 35.4. The molecule has 2 atom stereocenters. The van der Waals surface area contributed by atoms with Gasteiger partial charge < -0.3 is 20.7 Å². The van der Waals surface area contributed by atoms with Gasteiger partial charge in [-0.2, -0.15) is 0 Å². The number of para-hydroxylation sites is 2. The maximum absolute atomic E-state index is 11.9. The Bertz CT molecular complexity index is 588. The molecule has 0 fully saturated rings. The molecule has 2 rings (SSSR count). The van der Waals surface area contributed by atoms with Crippen LogP contribution in [0.5, 0.6) is 5.75 Å². The predicted octanol–water partition coefficient (Wildman–Crippen LogP) is 0.417. The largest absolute Gasteiger partial charge is 0.478 e. The van der Waals surface area contributed by atoms with Gasteiger partial charge in [0.25, 0.3) is 5.91 Å². The number of rotatable bonds is 5. The van der Waals surface area contributed by atoms with Crippen molar-refractivity contribution in [2.75, 3.05) is 11.9 Å². The number of anilines is 1. The van der Waals surface area contributed by atoms with Gasteiger partial charge in [-0.15, -0.1) is 0 Å². The van der Waals surface area contributed by atoms with Gasteiger partial charge in [-0.1, -0.05) is 12.1 Å². The van der Waals surface area contributed by atoms with Crippen LogP contribution in [-0.4, -0.2) is 36.4 Å². The third-order valence-electron chi connectivity index (χ3n) is 3.20. The van der Waals surface area contributed by atoms with Crippen molar-refractivity contribution >= 4 is 23.4 Å². The van der Waals surface area contributed by atoms with Crippen molar-refractivity contribution in [1.29, 1.82) is 0 Å². The number of fused-ring (bicyclic) bond motifs is 1. The lowest BCUT2D eigenvalue weighted by Crippen LogP contribution is -2.47. The molecule has 1 aliphatic heterocycles. The summed E-state index contributed by atoms with van der Waals surface area (Å²) >= 11 is 0. The van der Waals surface area contributed by atoms with E-state index in [0.29, 0.717) is 18.0 Å². The van der Waals surface area contributed by atoms with Gasteiger partial charge in [0.15, 0.2) is 6.10 Å². The standard InChI is InChI=1S/C15H19N3O4/c1-3-16-14(20)9(2)17-13(19)8-12-15(21)18-10-6-4-5-7-11(10)22-12/h4-7,9,12H,3,8H2,1-2H3,(H,16,20)(H,17,19)(H,18,21)/t9-,12+/m0/s1. The van der Waals surface area contributed by atoms with Crippen LogP contribution in [0.3, 0.4) is 0 Å². The fourth-order valence-electron chi connectivity index (χ4n) is 2.09. The van der Waals surface area contributed by atoms with Crippen LogP contribution >= 0.6 is 0 Å². The molecule has 0 saturated heterocycles. The maximum Gasteiger partial charge on any atom is 0.266 e. The molecule has 0 unspecified atom stereocenters. The van der Waals surface area contributed by atoms with Crippen molar-refractivity contribution in [1.82, 2.24) is 10.6 Å². The van der Waals surface area contributed by atoms with Crippen LogP contribution in [-0.2, 0) is 14.4 Å². The van der Waals surface area contributed by atoms with Crippen molar-refractivity contribution in [3.05, 3.63) is 24.3 Å². The van der Waals surface area contributed by atoms with E-state index >= 15 is 0 Å². The number of carbonyl (C=O) groups excluding carboxylic acids is 3. The van der Waals surface area contributed by atoms with Crippen LogP contribution in [0.15, 0.2) is 24.3 Å². The molecule has 118 valence electrons. The third-order valence-corrected chi connectivity index (χ3v) is 3.20. The first-order valence-electron chi connectivity index (χ1n) is 7.15. The van der Waals surface area contributed by atoms with Crippen molar-refractivity contribution < 1.29 is 19.1 Å². The van der Waals surface area contributed by atoms with E-state index < -0.39 is 18.1 Å². The summed E-state index contributed by atoms with van der Waals surface area (Å²) in [6.45, 7) is 3.87. The molecule has 1 aromatic rings. The van der Waals surface area contributed by atoms with Gasteiger partial charge in [0.1, 0.15) is 11.8 Å². The summed E-state index contributed by atoms with van der Waals surface area (Å²) < 4.78 is 5.53. The Hall–Kier alpha value is -2.57. The van der Waals surface area contributed by atoms with Gasteiger partial charge in [0, 0.05) is 6.54 Å². The summed E-state index contributed by atoms with van der Waals surface area (Å²) in [5, 5.41) is 7.85. The lowest BCUT2D eigenvalue weighted by molar-refractivity contribution is -0.132. The predicted molar refractivity (Wildman–Crippen MR) is 80.4 cm³/mol. The van der Waals surface area contributed by atoms with Crippen molar-refractivity contribution in [3.8, 4) is 5.75 Å². The molecule has 1 aliphatic rings. The van der Waals surface area contributed by atoms with E-state index in [9.17, 15) is 14.4 Å². The smallest absolute Gasteiger partial charge is 0.266 e. The van der Waals surface area contributed by atoms with E-state index in [1.54, 1.807) is 38.1 Å². The molecule has 1 heterocycles. The van der Waals surface area contributed by atoms with Gasteiger partial charge in [-0.3, -0.25) is 14.4 Å². The van der Waals surface area contributed by atoms with Crippen LogP contribution < -0.4 is 20.7 Å². The molecular formula is C15H19N3O4. The number of amides is 3. The summed E-state index contributed by atoms with van der Waals surface area (Å²) in [6, 6.07) is 6.35. The van der Waals surface area contributed by atoms with Crippen LogP contribution in [0.4, 0.5) is 5.69 Å². The number of benzene rings is 1. The first-order valence-corrected chi connectivity index (χ1v) is 7.15. The Morgan fingerprint density at radius 2 is 2.09 bits per heavy atom. The second-order valence-electron chi connectivity index (χ2n) is 4.98. The van der Waals surface area contributed by atoms with E-state index in [-0.39, 0.29) is 18.2 Å². The monoisotopic (exact) mass is 305 g/mol. The molecule has 7 heteroatoms. The van der Waals surface area contributed by atoms with Crippen molar-refractivity contribution in [3.63, 3.8) is 0 Å². The van der Waals surface area contributed by atoms with Gasteiger partial charge in [0.2, 0.25) is 11.8 Å². The normalized spacial score (nSPS) is 17.5. The Labute approximate surface area is 128 Å². The Morgan fingerprint density at radius 1 is 1.36 bits per heavy atom. The molecular weight excluding hydrogens is 286 g/mol. The second kappa shape index (κ2) is 6.93. The van der Waals surface area contributed by atoms with E-state index in [1.165, 1.54) is 0 Å². The van der Waals surface area contributed by atoms with Gasteiger partial charge in [-0.25, -0.2) is 0 Å². The minimum atomic E-state index is -0.906. The fourth-order valence-corrected chi connectivity index (χ4v) is 2.09. The van der Waals surface area contributed by atoms with Crippen LogP contribution in [0.25, 0.3) is 0 Å². The number of likely N-dealkylation sites (N-methyl/N-ethyl adjacent to an activating group) is 1. The summed E-state index contributed by atoms with van der Waals surface area (Å²) in [7, 11) is 0. The summed E-state index contributed by atoms with van der Waals surface area (Å²) in [5.41, 5.74) is 0.583. The highest BCUT2D eigenvalue weighted by atomic mass is 16.5. The molecule has 0 aliphatic carbocycles. The molecule has 0 radical (unpaired) electrons. The van der Waals surface area contributed by atoms with E-state index in [2.05, 4.69) is 16.0 Å². The Kier molecular flexibility index (Phi) is 4.98. The third kappa shape index (κ3) is 3.75. The molecule has 3 amide bonds. The lowest BCUT2D eigenvalue weighted by Gasteiger charge is -2.25. The summed E-state index contributed by atoms with van der Waals surface area (Å²) in [5.74, 6) is -0.537. The molecule has 3 N–H and O–H groups in total. The van der Waals surface area contributed by atoms with E-state index in [4.69, 9.17) is 4.74 Å². The highest BCUT2D eigenvalue weighted by molar-refractivity contribution is 6.00. The van der Waals surface area contributed by atoms with Crippen molar-refractivity contribution in [2.45, 2.75) is 32.4 Å². The van der Waals surface area contributed by atoms with Crippen molar-refractivity contribution in [2.24, 2.45) is 0 Å². The zero-order chi connectivity index (χ0) is 16.1. The quantitative estimate of drug-likeness (QED) is 0.734. The SMILES string of the molecule is CCNC(=O)[C@H](C)NC(=O)C[C@H]1Oc2ccccc2NC1=O. The highest BCUT2D eigenvalue weighted by Crippen LogP contribution is 2.29. The minimum absolute atomic E-state index is 0.149. The molecule has 1 aromatic carbocycles. The molecule has 0 spiro atoms. The average Bonchev–Trinajstić information content (AvgIpc) is 2.48. The topological polar surface area (TPSA) is 96.5 Å². The number of carbonyl (C=O) groups is 3. The fraction of sp³-hybridized carbons (Fsp3) is 0.400. The molecule has 7 nitrogen and oxygen atoms in total. The Morgan fingerprint density at radius 3 is 2.82 bits per heavy atom. The van der Waals surface area contributed by atoms with Gasteiger partial charge in [0.05, 0.1) is 12.1 Å². The first-order chi connectivity index (χ1) is 10.5. The van der Waals surface area contributed by atoms with Crippen LogP contribution in [0, 0.1) is 0 Å². The highest BCUT2D eigenvalue weighted by Gasteiger charge is 2.30. The summed E-state index contributed by atoms with van der Waals surface area (Å²) in [6.07, 6.45) is -1.06. The van der Waals surface area contributed by atoms with Gasteiger partial charge >= 0.3 is 0 Å². The zero-order valence-electron chi connectivity index (χ0n) is 12.5. The average molecular weight is 305 g/mol. The zero-order valence-corrected chi connectivity index (χ0v) is 12.5. The van der Waals surface area contributed by atoms with E-state index in [0.717, 1.165) is 0 Å². The molecule has 22 heavy (non-hydrogen) atoms. The van der Waals surface area contributed by atoms with E-state index in [1.807, 2.05) is 0 Å². The first kappa shape index (κ1) is 15.8. The number of hydrogen-bond donors (Lipinski definition) is 3. The number of ether oxygens (including phenoxy) is 1. The Balaban J connectivity index is 1.92. The number of nitrogens with one attached hydrogen (secondary N) is 3. The van der Waals surface area contributed by atoms with Crippen LogP contribution in [0.2, 0.25) is 0 Å². The minimum Gasteiger partial charge on any atom is -0.478 e. The molecule has 0 aromatic heterocycles. The second-order valence-corrected chi connectivity index (χ2v) is 4.98.